The first-order valence-electron chi connectivity index (χ1n) is 22.7. The van der Waals surface area contributed by atoms with Crippen LogP contribution in [0.15, 0.2) is 18.2 Å². The van der Waals surface area contributed by atoms with Crippen molar-refractivity contribution in [2.24, 2.45) is 35.0 Å². The molecule has 3 aliphatic carbocycles. The van der Waals surface area contributed by atoms with Gasteiger partial charge in [-0.1, -0.05) is 60.8 Å². The van der Waals surface area contributed by atoms with E-state index in [1.54, 1.807) is 13.2 Å². The summed E-state index contributed by atoms with van der Waals surface area (Å²) in [6.07, 6.45) is -0.0692. The van der Waals surface area contributed by atoms with E-state index in [1.165, 1.54) is 11.8 Å². The Labute approximate surface area is 369 Å². The summed E-state index contributed by atoms with van der Waals surface area (Å²) in [7, 11) is -2.69. The van der Waals surface area contributed by atoms with E-state index < -0.39 is 92.7 Å². The molecule has 3 heterocycles. The lowest BCUT2D eigenvalue weighted by Crippen LogP contribution is -2.63. The van der Waals surface area contributed by atoms with Gasteiger partial charge < -0.3 is 30.0 Å². The fourth-order valence-corrected chi connectivity index (χ4v) is 11.0. The molecular formula is C45H66F2N6O9S. The fourth-order valence-electron chi connectivity index (χ4n) is 9.71. The second kappa shape index (κ2) is 17.8. The van der Waals surface area contributed by atoms with Gasteiger partial charge in [-0.25, -0.2) is 32.0 Å². The number of carbonyl (C=O) groups is 3. The molecular weight excluding hydrogens is 839 g/mol. The molecule has 5 aliphatic rings. The third-order valence-electron chi connectivity index (χ3n) is 14.1. The van der Waals surface area contributed by atoms with E-state index in [0.717, 1.165) is 38.5 Å². The Bertz CT molecular complexity index is 2150. The monoisotopic (exact) mass is 904 g/mol. The number of benzene rings is 1. The summed E-state index contributed by atoms with van der Waals surface area (Å²) >= 11 is 0. The molecule has 2 bridgehead atoms. The summed E-state index contributed by atoms with van der Waals surface area (Å²) in [6.45, 7) is 13.0. The van der Waals surface area contributed by atoms with E-state index in [9.17, 15) is 31.9 Å². The molecule has 4 fully saturated rings. The number of aromatic nitrogens is 2. The maximum atomic E-state index is 15.0. The van der Waals surface area contributed by atoms with Gasteiger partial charge in [0, 0.05) is 18.5 Å². The number of methoxy groups -OCH3 is 1. The maximum Gasteiger partial charge on any atom is 0.407 e. The van der Waals surface area contributed by atoms with Gasteiger partial charge >= 0.3 is 6.09 Å². The zero-order valence-corrected chi connectivity index (χ0v) is 38.6. The quantitative estimate of drug-likeness (QED) is 0.210. The molecule has 0 spiro atoms. The van der Waals surface area contributed by atoms with Crippen LogP contribution in [0.5, 0.6) is 11.6 Å². The number of sulfonamides is 1. The van der Waals surface area contributed by atoms with Gasteiger partial charge in [0.05, 0.1) is 40.9 Å². The summed E-state index contributed by atoms with van der Waals surface area (Å²) < 4.78 is 74.7. The van der Waals surface area contributed by atoms with E-state index in [4.69, 9.17) is 24.2 Å². The number of rotatable bonds is 11. The van der Waals surface area contributed by atoms with Crippen molar-refractivity contribution >= 4 is 39.0 Å². The van der Waals surface area contributed by atoms with Crippen LogP contribution in [0.3, 0.4) is 0 Å². The average molecular weight is 905 g/mol. The molecule has 0 radical (unpaired) electrons. The van der Waals surface area contributed by atoms with Crippen LogP contribution >= 0.6 is 0 Å². The largest absolute Gasteiger partial charge is 0.497 e. The highest BCUT2D eigenvalue weighted by molar-refractivity contribution is 7.91. The minimum atomic E-state index is -4.25. The number of carbonyl (C=O) groups excluding carboxylic acids is 3. The van der Waals surface area contributed by atoms with Gasteiger partial charge in [-0.3, -0.25) is 19.2 Å². The first kappa shape index (κ1) is 47.1. The number of halogens is 2. The van der Waals surface area contributed by atoms with Gasteiger partial charge in [0.15, 0.2) is 0 Å². The van der Waals surface area contributed by atoms with Crippen molar-refractivity contribution in [2.45, 2.75) is 166 Å². The lowest BCUT2D eigenvalue weighted by atomic mass is 9.84. The molecule has 3 amide bonds. The predicted molar refractivity (Wildman–Crippen MR) is 230 cm³/mol. The van der Waals surface area contributed by atoms with E-state index in [1.807, 2.05) is 51.5 Å². The van der Waals surface area contributed by atoms with Crippen LogP contribution in [0.25, 0.3) is 11.0 Å². The van der Waals surface area contributed by atoms with Crippen molar-refractivity contribution in [3.05, 3.63) is 23.9 Å². The molecule has 1 saturated heterocycles. The Morgan fingerprint density at radius 2 is 1.83 bits per heavy atom. The number of nitrogens with one attached hydrogen (secondary N) is 3. The van der Waals surface area contributed by atoms with Gasteiger partial charge in [0.2, 0.25) is 28.2 Å². The summed E-state index contributed by atoms with van der Waals surface area (Å²) in [4.78, 5) is 54.1. The third-order valence-corrected chi connectivity index (χ3v) is 16.3. The predicted octanol–water partition coefficient (Wildman–Crippen LogP) is 5.86. The van der Waals surface area contributed by atoms with Gasteiger partial charge in [0.1, 0.15) is 35.4 Å². The molecule has 1 aromatic carbocycles. The molecule has 2 aromatic rings. The number of aliphatic hydroxyl groups is 1. The van der Waals surface area contributed by atoms with Crippen molar-refractivity contribution in [1.82, 2.24) is 30.2 Å². The smallest absolute Gasteiger partial charge is 0.407 e. The standard InChI is InChI=1S/C45H66F2N6O9S/c1-9-10-25-11-13-26-20-33(26)62-42(57)50-36(43(4,5)6)40(55)53-23-34(61-39-31(15-12-25)48-30-16-14-27(60-8)21-32(30)49-39)28(19-24(2)3)35(53)38(54)51-45(22-29(45)37(46)47)41(56)52-63(58,59)44(7)17-18-44/h14,16,21,24-26,28-29,33-37,40,55H,9-13,15,17-20,22-23H2,1-8H3,(H,50,57)(H,51,54)(H,52,56)/t25?,26-,28-,29+,33-,34+,35+,36-,40?,45-/m1/s1. The molecule has 2 aliphatic heterocycles. The van der Waals surface area contributed by atoms with Crippen LogP contribution in [0, 0.1) is 35.0 Å². The lowest BCUT2D eigenvalue weighted by molar-refractivity contribution is -0.138. The van der Waals surface area contributed by atoms with Crippen LogP contribution in [0.4, 0.5) is 13.6 Å². The number of alkyl carbamates (subject to hydrolysis) is 1. The topological polar surface area (TPSA) is 198 Å². The van der Waals surface area contributed by atoms with Crippen molar-refractivity contribution in [2.75, 3.05) is 13.7 Å². The second-order valence-corrected chi connectivity index (χ2v) is 22.7. The Kier molecular flexibility index (Phi) is 13.3. The van der Waals surface area contributed by atoms with Crippen LogP contribution in [0.1, 0.15) is 118 Å². The number of nitrogens with zero attached hydrogens (tertiary/aromatic N) is 3. The Hall–Kier alpha value is -3.90. The number of aliphatic hydroxyl groups excluding tert-OH is 1. The highest BCUT2D eigenvalue weighted by atomic mass is 32.2. The van der Waals surface area contributed by atoms with Crippen molar-refractivity contribution < 1.29 is 50.9 Å². The van der Waals surface area contributed by atoms with Gasteiger partial charge in [-0.2, -0.15) is 0 Å². The molecule has 63 heavy (non-hydrogen) atoms. The zero-order valence-electron chi connectivity index (χ0n) is 37.8. The van der Waals surface area contributed by atoms with E-state index >= 15 is 4.79 Å². The lowest BCUT2D eigenvalue weighted by Gasteiger charge is -2.41. The molecule has 1 aromatic heterocycles. The molecule has 4 N–H and O–H groups in total. The first-order valence-corrected chi connectivity index (χ1v) is 24.2. The van der Waals surface area contributed by atoms with Crippen molar-refractivity contribution in [1.29, 1.82) is 0 Å². The number of fused-ring (bicyclic) bond motifs is 5. The highest BCUT2D eigenvalue weighted by Crippen LogP contribution is 2.50. The van der Waals surface area contributed by atoms with Gasteiger partial charge in [-0.15, -0.1) is 0 Å². The van der Waals surface area contributed by atoms with Gasteiger partial charge in [-0.05, 0) is 93.6 Å². The number of amides is 3. The van der Waals surface area contributed by atoms with Crippen molar-refractivity contribution in [3.63, 3.8) is 0 Å². The number of alkyl halides is 2. The van der Waals surface area contributed by atoms with Crippen LogP contribution < -0.4 is 24.8 Å². The average Bonchev–Trinajstić information content (AvgIpc) is 4.16. The Morgan fingerprint density at radius 1 is 1.10 bits per heavy atom. The third kappa shape index (κ3) is 10.0. The molecule has 15 nitrogen and oxygen atoms in total. The maximum absolute atomic E-state index is 15.0. The molecule has 3 unspecified atom stereocenters. The summed E-state index contributed by atoms with van der Waals surface area (Å²) in [6, 6.07) is 3.08. The summed E-state index contributed by atoms with van der Waals surface area (Å²) in [5, 5.41) is 18.0. The molecule has 350 valence electrons. The van der Waals surface area contributed by atoms with Crippen LogP contribution in [-0.4, -0.2) is 107 Å². The van der Waals surface area contributed by atoms with E-state index in [0.29, 0.717) is 54.1 Å². The SMILES string of the molecule is CCCC1CCc2nc3ccc(OC)cc3nc2O[C@H]2CN(C(O)[C@H](C(C)(C)C)NC(=O)O[C@@H]3C[C@H]3CC1)[C@H](C(=O)N[C@]1(C(=O)NS(=O)(=O)C3(C)CC3)C[C@H]1C(F)F)[C@@H]2CC(C)C. The number of hydrogen-bond donors (Lipinski definition) is 4. The molecule has 7 rings (SSSR count). The minimum Gasteiger partial charge on any atom is -0.497 e. The van der Waals surface area contributed by atoms with Crippen LogP contribution in [0.2, 0.25) is 0 Å². The minimum absolute atomic E-state index is 0.0502. The fraction of sp³-hybridized carbons (Fsp3) is 0.756. The van der Waals surface area contributed by atoms with Gasteiger partial charge in [0.25, 0.3) is 5.91 Å². The van der Waals surface area contributed by atoms with Crippen molar-refractivity contribution in [3.8, 4) is 11.6 Å². The first-order chi connectivity index (χ1) is 29.6. The summed E-state index contributed by atoms with van der Waals surface area (Å²) in [5.74, 6) is -3.14. The highest BCUT2D eigenvalue weighted by Gasteiger charge is 2.68. The number of hydrogen-bond acceptors (Lipinski definition) is 12. The van der Waals surface area contributed by atoms with Crippen LogP contribution in [-0.2, 0) is 30.8 Å². The normalized spacial score (nSPS) is 33.1. The zero-order chi connectivity index (χ0) is 45.8. The second-order valence-electron chi connectivity index (χ2n) is 20.5. The molecule has 3 saturated carbocycles. The summed E-state index contributed by atoms with van der Waals surface area (Å²) in [5.41, 5.74) is -1.25. The Balaban J connectivity index is 1.31. The van der Waals surface area contributed by atoms with E-state index in [2.05, 4.69) is 17.6 Å². The number of aryl methyl sites for hydroxylation is 1. The van der Waals surface area contributed by atoms with E-state index in [-0.39, 0.29) is 30.4 Å². The molecule has 18 heteroatoms. The molecule has 11 atom stereocenters. The number of ether oxygens (including phenoxy) is 3. The Morgan fingerprint density at radius 3 is 2.44 bits per heavy atom.